The zero-order valence-electron chi connectivity index (χ0n) is 17.5. The van der Waals surface area contributed by atoms with Gasteiger partial charge in [-0.15, -0.1) is 34.2 Å². The molecule has 0 amide bonds. The fourth-order valence-corrected chi connectivity index (χ4v) is 4.32. The first-order valence-corrected chi connectivity index (χ1v) is 10.1. The third kappa shape index (κ3) is 4.53. The van der Waals surface area contributed by atoms with Gasteiger partial charge in [-0.3, -0.25) is 9.39 Å². The summed E-state index contributed by atoms with van der Waals surface area (Å²) in [5, 5.41) is 15.4. The third-order valence-electron chi connectivity index (χ3n) is 5.86. The van der Waals surface area contributed by atoms with E-state index >= 15 is 0 Å². The number of ether oxygens (including phenoxy) is 1. The number of aliphatic imine (C=N–C) groups is 1. The first-order valence-electron chi connectivity index (χ1n) is 10.1. The Balaban J connectivity index is 0.00000256. The normalized spacial score (nSPS) is 15.6. The Morgan fingerprint density at radius 1 is 1.10 bits per heavy atom. The summed E-state index contributed by atoms with van der Waals surface area (Å²) in [5.74, 6) is 2.58. The van der Waals surface area contributed by atoms with Crippen LogP contribution in [0.2, 0.25) is 0 Å². The van der Waals surface area contributed by atoms with Crippen LogP contribution < -0.4 is 15.4 Å². The predicted molar refractivity (Wildman–Crippen MR) is 130 cm³/mol. The minimum Gasteiger partial charge on any atom is -0.496 e. The van der Waals surface area contributed by atoms with Gasteiger partial charge >= 0.3 is 0 Å². The zero-order chi connectivity index (χ0) is 20.1. The second-order valence-corrected chi connectivity index (χ2v) is 7.51. The summed E-state index contributed by atoms with van der Waals surface area (Å²) in [6.45, 7) is 1.36. The molecule has 0 saturated heterocycles. The second-order valence-electron chi connectivity index (χ2n) is 7.51. The largest absolute Gasteiger partial charge is 0.496 e. The number of pyridine rings is 1. The van der Waals surface area contributed by atoms with Crippen molar-refractivity contribution in [2.24, 2.45) is 4.99 Å². The van der Waals surface area contributed by atoms with Crippen molar-refractivity contribution in [3.8, 4) is 5.75 Å². The number of fused-ring (bicyclic) bond motifs is 1. The van der Waals surface area contributed by atoms with Crippen LogP contribution in [0.5, 0.6) is 5.75 Å². The lowest BCUT2D eigenvalue weighted by Gasteiger charge is -2.32. The molecule has 1 aliphatic carbocycles. The summed E-state index contributed by atoms with van der Waals surface area (Å²) in [4.78, 5) is 4.40. The number of hydrogen-bond acceptors (Lipinski definition) is 4. The summed E-state index contributed by atoms with van der Waals surface area (Å²) in [6, 6.07) is 14.3. The molecule has 30 heavy (non-hydrogen) atoms. The smallest absolute Gasteiger partial charge is 0.191 e. The van der Waals surface area contributed by atoms with Crippen LogP contribution in [0.3, 0.4) is 0 Å². The fraction of sp³-hybridized carbons (Fsp3) is 0.409. The molecule has 160 valence electrons. The Kier molecular flexibility index (Phi) is 7.52. The monoisotopic (exact) mass is 520 g/mol. The Morgan fingerprint density at radius 2 is 1.87 bits per heavy atom. The Hall–Kier alpha value is -2.36. The third-order valence-corrected chi connectivity index (χ3v) is 5.86. The number of hydrogen-bond donors (Lipinski definition) is 2. The Morgan fingerprint density at radius 3 is 2.63 bits per heavy atom. The highest BCUT2D eigenvalue weighted by Crippen LogP contribution is 2.44. The van der Waals surface area contributed by atoms with Crippen molar-refractivity contribution < 1.29 is 4.74 Å². The molecule has 1 saturated carbocycles. The molecule has 1 fully saturated rings. The van der Waals surface area contributed by atoms with Crippen molar-refractivity contribution in [2.75, 3.05) is 20.7 Å². The van der Waals surface area contributed by atoms with Crippen molar-refractivity contribution in [1.29, 1.82) is 0 Å². The van der Waals surface area contributed by atoms with Crippen LogP contribution in [0.15, 0.2) is 53.7 Å². The molecular formula is C22H29IN6O. The van der Waals surface area contributed by atoms with E-state index in [0.717, 1.165) is 42.6 Å². The van der Waals surface area contributed by atoms with Gasteiger partial charge in [0, 0.05) is 30.8 Å². The Bertz CT molecular complexity index is 996. The first-order chi connectivity index (χ1) is 14.3. The van der Waals surface area contributed by atoms with Crippen LogP contribution in [0.1, 0.15) is 37.1 Å². The molecule has 7 nitrogen and oxygen atoms in total. The summed E-state index contributed by atoms with van der Waals surface area (Å²) >= 11 is 0. The van der Waals surface area contributed by atoms with Crippen molar-refractivity contribution >= 4 is 35.6 Å². The molecule has 0 radical (unpaired) electrons. The number of halogens is 1. The summed E-state index contributed by atoms with van der Waals surface area (Å²) < 4.78 is 7.64. The van der Waals surface area contributed by atoms with E-state index in [9.17, 15) is 0 Å². The topological polar surface area (TPSA) is 75.8 Å². The molecule has 0 unspecified atom stereocenters. The maximum Gasteiger partial charge on any atom is 0.191 e. The number of methoxy groups -OCH3 is 1. The summed E-state index contributed by atoms with van der Waals surface area (Å²) in [6.07, 6.45) is 6.73. The minimum atomic E-state index is 0. The average Bonchev–Trinajstić information content (AvgIpc) is 3.42. The predicted octanol–water partition coefficient (Wildman–Crippen LogP) is 3.53. The van der Waals surface area contributed by atoms with E-state index in [1.165, 1.54) is 18.4 Å². The Labute approximate surface area is 194 Å². The summed E-state index contributed by atoms with van der Waals surface area (Å²) in [7, 11) is 3.54. The molecule has 1 aromatic carbocycles. The van der Waals surface area contributed by atoms with Gasteiger partial charge in [0.05, 0.1) is 13.7 Å². The lowest BCUT2D eigenvalue weighted by molar-refractivity contribution is 0.371. The van der Waals surface area contributed by atoms with Gasteiger partial charge < -0.3 is 15.4 Å². The van der Waals surface area contributed by atoms with Crippen LogP contribution in [0.25, 0.3) is 5.65 Å². The molecule has 0 spiro atoms. The quantitative estimate of drug-likeness (QED) is 0.296. The molecule has 2 heterocycles. The van der Waals surface area contributed by atoms with Gasteiger partial charge in [-0.2, -0.15) is 0 Å². The van der Waals surface area contributed by atoms with E-state index in [1.54, 1.807) is 14.2 Å². The van der Waals surface area contributed by atoms with Crippen molar-refractivity contribution in [1.82, 2.24) is 25.2 Å². The van der Waals surface area contributed by atoms with Crippen molar-refractivity contribution in [3.63, 3.8) is 0 Å². The number of nitrogens with zero attached hydrogens (tertiary/aromatic N) is 4. The number of aromatic nitrogens is 3. The van der Waals surface area contributed by atoms with Gasteiger partial charge in [0.15, 0.2) is 17.4 Å². The van der Waals surface area contributed by atoms with E-state index in [2.05, 4.69) is 44.0 Å². The SMILES string of the molecule is CN=C(NCc1nnc2ccccn12)NCC1(c2ccccc2OC)CCCC1.I. The molecular weight excluding hydrogens is 491 g/mol. The van der Waals surface area contributed by atoms with Crippen molar-refractivity contribution in [3.05, 3.63) is 60.0 Å². The maximum absolute atomic E-state index is 5.66. The number of rotatable bonds is 6. The number of benzene rings is 1. The van der Waals surface area contributed by atoms with Gasteiger partial charge in [0.2, 0.25) is 0 Å². The molecule has 1 aliphatic rings. The number of guanidine groups is 1. The molecule has 0 aliphatic heterocycles. The highest BCUT2D eigenvalue weighted by atomic mass is 127. The maximum atomic E-state index is 5.66. The van der Waals surface area contributed by atoms with Crippen LogP contribution in [-0.4, -0.2) is 41.3 Å². The van der Waals surface area contributed by atoms with E-state index in [0.29, 0.717) is 6.54 Å². The van der Waals surface area contributed by atoms with Gasteiger partial charge in [-0.1, -0.05) is 37.1 Å². The lowest BCUT2D eigenvalue weighted by Crippen LogP contribution is -2.44. The van der Waals surface area contributed by atoms with Gasteiger partial charge in [-0.05, 0) is 31.0 Å². The minimum absolute atomic E-state index is 0. The van der Waals surface area contributed by atoms with Crippen LogP contribution in [-0.2, 0) is 12.0 Å². The molecule has 3 aromatic rings. The first kappa shape index (κ1) is 22.3. The van der Waals surface area contributed by atoms with Crippen molar-refractivity contribution in [2.45, 2.75) is 37.6 Å². The van der Waals surface area contributed by atoms with Crippen LogP contribution in [0, 0.1) is 0 Å². The molecule has 2 N–H and O–H groups in total. The van der Waals surface area contributed by atoms with Crippen LogP contribution >= 0.6 is 24.0 Å². The highest BCUT2D eigenvalue weighted by molar-refractivity contribution is 14.0. The van der Waals surface area contributed by atoms with E-state index in [1.807, 2.05) is 34.9 Å². The standard InChI is InChI=1S/C22H28N6O.HI/c1-23-21(24-15-20-27-26-19-11-5-8-14-28(19)20)25-16-22(12-6-7-13-22)17-9-3-4-10-18(17)29-2;/h3-5,8-11,14H,6-7,12-13,15-16H2,1-2H3,(H2,23,24,25);1H. The van der Waals surface area contributed by atoms with E-state index in [-0.39, 0.29) is 29.4 Å². The molecule has 8 heteroatoms. The van der Waals surface area contributed by atoms with E-state index < -0.39 is 0 Å². The molecule has 4 rings (SSSR count). The zero-order valence-corrected chi connectivity index (χ0v) is 19.8. The van der Waals surface area contributed by atoms with E-state index in [4.69, 9.17) is 4.74 Å². The van der Waals surface area contributed by atoms with Gasteiger partial charge in [0.1, 0.15) is 5.75 Å². The summed E-state index contributed by atoms with van der Waals surface area (Å²) in [5.41, 5.74) is 2.19. The highest BCUT2D eigenvalue weighted by Gasteiger charge is 2.37. The lowest BCUT2D eigenvalue weighted by atomic mass is 9.78. The van der Waals surface area contributed by atoms with Gasteiger partial charge in [-0.25, -0.2) is 0 Å². The second kappa shape index (κ2) is 10.1. The average molecular weight is 520 g/mol. The number of nitrogens with one attached hydrogen (secondary N) is 2. The molecule has 0 atom stereocenters. The molecule has 0 bridgehead atoms. The van der Waals surface area contributed by atoms with Crippen LogP contribution in [0.4, 0.5) is 0 Å². The number of para-hydroxylation sites is 1. The fourth-order valence-electron chi connectivity index (χ4n) is 4.32. The molecule has 2 aromatic heterocycles. The van der Waals surface area contributed by atoms with Gasteiger partial charge in [0.25, 0.3) is 0 Å².